The quantitative estimate of drug-likeness (QED) is 0.752. The Labute approximate surface area is 101 Å². The first-order valence-electron chi connectivity index (χ1n) is 5.33. The summed E-state index contributed by atoms with van der Waals surface area (Å²) < 4.78 is 10.2. The predicted molar refractivity (Wildman–Crippen MR) is 66.2 cm³/mol. The molecule has 1 amide bonds. The van der Waals surface area contributed by atoms with E-state index in [0.717, 1.165) is 0 Å². The van der Waals surface area contributed by atoms with E-state index in [9.17, 15) is 4.79 Å². The van der Waals surface area contributed by atoms with Gasteiger partial charge in [-0.1, -0.05) is 6.07 Å². The Hall–Kier alpha value is -1.75. The second-order valence-corrected chi connectivity index (χ2v) is 3.68. The maximum Gasteiger partial charge on any atom is 0.257 e. The monoisotopic (exact) mass is 238 g/mol. The molecule has 0 aromatic heterocycles. The van der Waals surface area contributed by atoms with Crippen LogP contribution < -0.4 is 15.8 Å². The maximum absolute atomic E-state index is 11.9. The molecule has 0 aliphatic heterocycles. The molecule has 0 aliphatic carbocycles. The highest BCUT2D eigenvalue weighted by atomic mass is 16.5. The highest BCUT2D eigenvalue weighted by Gasteiger charge is 2.15. The summed E-state index contributed by atoms with van der Waals surface area (Å²) in [4.78, 5) is 11.9. The molecule has 17 heavy (non-hydrogen) atoms. The van der Waals surface area contributed by atoms with Gasteiger partial charge >= 0.3 is 0 Å². The Bertz CT molecular complexity index is 393. The van der Waals surface area contributed by atoms with Crippen LogP contribution in [-0.4, -0.2) is 32.8 Å². The third-order valence-electron chi connectivity index (χ3n) is 2.46. The molecule has 5 nitrogen and oxygen atoms in total. The molecule has 94 valence electrons. The van der Waals surface area contributed by atoms with Crippen LogP contribution in [0, 0.1) is 0 Å². The molecule has 0 heterocycles. The van der Waals surface area contributed by atoms with Gasteiger partial charge in [-0.25, -0.2) is 0 Å². The van der Waals surface area contributed by atoms with Crippen molar-refractivity contribution in [1.29, 1.82) is 0 Å². The summed E-state index contributed by atoms with van der Waals surface area (Å²) in [6.07, 6.45) is -0.0464. The number of nitrogens with one attached hydrogen (secondary N) is 1. The molecule has 1 aromatic rings. The third kappa shape index (κ3) is 3.35. The Morgan fingerprint density at radius 2 is 2.18 bits per heavy atom. The number of benzene rings is 1. The smallest absolute Gasteiger partial charge is 0.257 e. The van der Waals surface area contributed by atoms with Gasteiger partial charge in [-0.15, -0.1) is 0 Å². The molecule has 0 fully saturated rings. The van der Waals surface area contributed by atoms with Crippen LogP contribution in [0.15, 0.2) is 18.2 Å². The standard InChI is InChI=1S/C12H18N2O3/c1-8(16-2)7-14-12(15)11-9(13)5-4-6-10(11)17-3/h4-6,8H,7,13H2,1-3H3,(H,14,15). The van der Waals surface area contributed by atoms with Gasteiger partial charge in [0, 0.05) is 19.3 Å². The van der Waals surface area contributed by atoms with Crippen LogP contribution in [0.2, 0.25) is 0 Å². The van der Waals surface area contributed by atoms with Crippen LogP contribution in [0.1, 0.15) is 17.3 Å². The minimum Gasteiger partial charge on any atom is -0.496 e. The molecule has 0 bridgehead atoms. The van der Waals surface area contributed by atoms with Crippen molar-refractivity contribution in [2.45, 2.75) is 13.0 Å². The molecule has 3 N–H and O–H groups in total. The van der Waals surface area contributed by atoms with E-state index in [0.29, 0.717) is 23.5 Å². The third-order valence-corrected chi connectivity index (χ3v) is 2.46. The summed E-state index contributed by atoms with van der Waals surface area (Å²) in [6.45, 7) is 2.29. The molecule has 1 unspecified atom stereocenters. The average Bonchev–Trinajstić information content (AvgIpc) is 2.34. The lowest BCUT2D eigenvalue weighted by molar-refractivity contribution is 0.0868. The van der Waals surface area contributed by atoms with Crippen molar-refractivity contribution in [2.24, 2.45) is 0 Å². The van der Waals surface area contributed by atoms with Crippen LogP contribution in [-0.2, 0) is 4.74 Å². The number of carbonyl (C=O) groups excluding carboxylic acids is 1. The molecule has 0 spiro atoms. The zero-order chi connectivity index (χ0) is 12.8. The molecule has 0 aliphatic rings. The number of amides is 1. The molecular weight excluding hydrogens is 220 g/mol. The van der Waals surface area contributed by atoms with Gasteiger partial charge in [-0.3, -0.25) is 4.79 Å². The molecular formula is C12H18N2O3. The van der Waals surface area contributed by atoms with Crippen molar-refractivity contribution in [3.63, 3.8) is 0 Å². The lowest BCUT2D eigenvalue weighted by Gasteiger charge is -2.13. The summed E-state index contributed by atoms with van der Waals surface area (Å²) in [5, 5.41) is 2.74. The Kier molecular flexibility index (Phi) is 4.78. The lowest BCUT2D eigenvalue weighted by atomic mass is 10.1. The number of ether oxygens (including phenoxy) is 2. The number of anilines is 1. The first kappa shape index (κ1) is 13.3. The van der Waals surface area contributed by atoms with E-state index in [1.807, 2.05) is 6.92 Å². The van der Waals surface area contributed by atoms with Gasteiger partial charge in [0.15, 0.2) is 0 Å². The normalized spacial score (nSPS) is 11.9. The number of nitrogens with two attached hydrogens (primary N) is 1. The van der Waals surface area contributed by atoms with Crippen LogP contribution in [0.3, 0.4) is 0 Å². The predicted octanol–water partition coefficient (Wildman–Crippen LogP) is 1.04. The lowest BCUT2D eigenvalue weighted by Crippen LogP contribution is -2.32. The molecule has 0 saturated heterocycles. The molecule has 0 saturated carbocycles. The first-order chi connectivity index (χ1) is 8.10. The van der Waals surface area contributed by atoms with Gasteiger partial charge in [-0.05, 0) is 19.1 Å². The zero-order valence-electron chi connectivity index (χ0n) is 10.3. The topological polar surface area (TPSA) is 73.6 Å². The van der Waals surface area contributed by atoms with Gasteiger partial charge < -0.3 is 20.5 Å². The summed E-state index contributed by atoms with van der Waals surface area (Å²) >= 11 is 0. The highest BCUT2D eigenvalue weighted by molar-refractivity contribution is 6.01. The number of carbonyl (C=O) groups is 1. The fourth-order valence-electron chi connectivity index (χ4n) is 1.37. The Balaban J connectivity index is 2.81. The molecule has 1 rings (SSSR count). The van der Waals surface area contributed by atoms with E-state index in [2.05, 4.69) is 5.32 Å². The fraction of sp³-hybridized carbons (Fsp3) is 0.417. The van der Waals surface area contributed by atoms with Crippen molar-refractivity contribution in [3.8, 4) is 5.75 Å². The van der Waals surface area contributed by atoms with Crippen molar-refractivity contribution in [3.05, 3.63) is 23.8 Å². The van der Waals surface area contributed by atoms with Gasteiger partial charge in [0.25, 0.3) is 5.91 Å². The summed E-state index contributed by atoms with van der Waals surface area (Å²) in [7, 11) is 3.09. The fourth-order valence-corrected chi connectivity index (χ4v) is 1.37. The minimum absolute atomic E-state index is 0.0464. The van der Waals surface area contributed by atoms with Crippen LogP contribution >= 0.6 is 0 Å². The van der Waals surface area contributed by atoms with Gasteiger partial charge in [0.05, 0.1) is 13.2 Å². The van der Waals surface area contributed by atoms with E-state index < -0.39 is 0 Å². The SMILES string of the molecule is COc1cccc(N)c1C(=O)NCC(C)OC. The summed E-state index contributed by atoms with van der Waals surface area (Å²) in [6, 6.07) is 5.10. The number of methoxy groups -OCH3 is 2. The van der Waals surface area contributed by atoms with Crippen molar-refractivity contribution < 1.29 is 14.3 Å². The van der Waals surface area contributed by atoms with Crippen LogP contribution in [0.5, 0.6) is 5.75 Å². The number of rotatable bonds is 5. The van der Waals surface area contributed by atoms with Crippen molar-refractivity contribution in [1.82, 2.24) is 5.32 Å². The zero-order valence-corrected chi connectivity index (χ0v) is 10.3. The first-order valence-corrected chi connectivity index (χ1v) is 5.33. The van der Waals surface area contributed by atoms with E-state index in [4.69, 9.17) is 15.2 Å². The second kappa shape index (κ2) is 6.10. The maximum atomic E-state index is 11.9. The van der Waals surface area contributed by atoms with Gasteiger partial charge in [-0.2, -0.15) is 0 Å². The second-order valence-electron chi connectivity index (χ2n) is 3.68. The van der Waals surface area contributed by atoms with Crippen molar-refractivity contribution >= 4 is 11.6 Å². The number of hydrogen-bond acceptors (Lipinski definition) is 4. The average molecular weight is 238 g/mol. The summed E-state index contributed by atoms with van der Waals surface area (Å²) in [5.74, 6) is 0.205. The largest absolute Gasteiger partial charge is 0.496 e. The van der Waals surface area contributed by atoms with E-state index in [1.54, 1.807) is 25.3 Å². The Morgan fingerprint density at radius 1 is 1.47 bits per heavy atom. The van der Waals surface area contributed by atoms with Crippen LogP contribution in [0.4, 0.5) is 5.69 Å². The van der Waals surface area contributed by atoms with E-state index >= 15 is 0 Å². The number of nitrogen functional groups attached to an aromatic ring is 1. The van der Waals surface area contributed by atoms with Crippen molar-refractivity contribution in [2.75, 3.05) is 26.5 Å². The molecule has 1 aromatic carbocycles. The van der Waals surface area contributed by atoms with Gasteiger partial charge in [0.1, 0.15) is 11.3 Å². The summed E-state index contributed by atoms with van der Waals surface area (Å²) in [5.41, 5.74) is 6.52. The van der Waals surface area contributed by atoms with E-state index in [-0.39, 0.29) is 12.0 Å². The van der Waals surface area contributed by atoms with E-state index in [1.165, 1.54) is 7.11 Å². The van der Waals surface area contributed by atoms with Gasteiger partial charge in [0.2, 0.25) is 0 Å². The molecule has 1 atom stereocenters. The Morgan fingerprint density at radius 3 is 2.76 bits per heavy atom. The number of hydrogen-bond donors (Lipinski definition) is 2. The highest BCUT2D eigenvalue weighted by Crippen LogP contribution is 2.23. The molecule has 5 heteroatoms. The van der Waals surface area contributed by atoms with Crippen LogP contribution in [0.25, 0.3) is 0 Å². The molecule has 0 radical (unpaired) electrons. The minimum atomic E-state index is -0.260.